The highest BCUT2D eigenvalue weighted by Crippen LogP contribution is 2.07. The number of carbonyl (C=O) groups is 6. The van der Waals surface area contributed by atoms with E-state index in [4.69, 9.17) is 21.7 Å². The first-order valence-electron chi connectivity index (χ1n) is 9.73. The molecule has 182 valence electrons. The zero-order valence-corrected chi connectivity index (χ0v) is 18.0. The van der Waals surface area contributed by atoms with E-state index in [9.17, 15) is 33.9 Å². The third-order valence-electron chi connectivity index (χ3n) is 4.19. The zero-order valence-electron chi connectivity index (χ0n) is 18.0. The summed E-state index contributed by atoms with van der Waals surface area (Å²) in [5.74, 6) is -7.15. The van der Waals surface area contributed by atoms with Crippen molar-refractivity contribution >= 4 is 35.6 Å². The Kier molecular flexibility index (Phi) is 11.9. The Morgan fingerprint density at radius 2 is 1.25 bits per heavy atom. The van der Waals surface area contributed by atoms with E-state index < -0.39 is 78.7 Å². The lowest BCUT2D eigenvalue weighted by atomic mass is 10.0. The van der Waals surface area contributed by atoms with Crippen LogP contribution in [0.3, 0.4) is 0 Å². The fraction of sp³-hybridized carbons (Fsp3) is 0.667. The number of aliphatic carboxylic acids is 2. The summed E-state index contributed by atoms with van der Waals surface area (Å²) in [6.07, 6.45) is -2.78. The van der Waals surface area contributed by atoms with Crippen molar-refractivity contribution in [3.8, 4) is 0 Å². The van der Waals surface area contributed by atoms with E-state index in [0.717, 1.165) is 0 Å². The standard InChI is InChI=1S/C18H31N5O9/c1-7(2)4-9(22-17(30)14(20)8(3)24)15(28)21-10(6-13(26)27)16(29)23-11(18(31)32)5-12(19)25/h7-11,14,24H,4-6,20H2,1-3H3,(H2,19,25)(H,21,28)(H,22,30)(H,23,29)(H,26,27)(H,31,32). The maximum atomic E-state index is 12.7. The van der Waals surface area contributed by atoms with Gasteiger partial charge in [0.05, 0.1) is 18.9 Å². The molecule has 0 spiro atoms. The molecule has 0 aliphatic heterocycles. The lowest BCUT2D eigenvalue weighted by Gasteiger charge is -2.25. The van der Waals surface area contributed by atoms with Gasteiger partial charge in [0.2, 0.25) is 23.6 Å². The summed E-state index contributed by atoms with van der Waals surface area (Å²) in [4.78, 5) is 70.6. The Hall–Kier alpha value is -3.26. The van der Waals surface area contributed by atoms with Gasteiger partial charge in [0.25, 0.3) is 0 Å². The first-order chi connectivity index (χ1) is 14.6. The first kappa shape index (κ1) is 28.7. The third-order valence-corrected chi connectivity index (χ3v) is 4.19. The van der Waals surface area contributed by atoms with Crippen molar-refractivity contribution in [1.82, 2.24) is 16.0 Å². The van der Waals surface area contributed by atoms with Gasteiger partial charge in [0.15, 0.2) is 0 Å². The monoisotopic (exact) mass is 461 g/mol. The molecule has 0 aromatic heterocycles. The van der Waals surface area contributed by atoms with E-state index in [0.29, 0.717) is 0 Å². The number of primary amides is 1. The molecular weight excluding hydrogens is 430 g/mol. The molecule has 0 aromatic rings. The predicted octanol–water partition coefficient (Wildman–Crippen LogP) is -3.37. The molecule has 0 heterocycles. The van der Waals surface area contributed by atoms with Crippen molar-refractivity contribution in [3.05, 3.63) is 0 Å². The van der Waals surface area contributed by atoms with Crippen LogP contribution in [-0.4, -0.2) is 81.2 Å². The summed E-state index contributed by atoms with van der Waals surface area (Å²) in [5.41, 5.74) is 10.5. The highest BCUT2D eigenvalue weighted by Gasteiger charge is 2.32. The maximum Gasteiger partial charge on any atom is 0.326 e. The lowest BCUT2D eigenvalue weighted by Crippen LogP contribution is -2.58. The number of rotatable bonds is 14. The van der Waals surface area contributed by atoms with E-state index in [2.05, 4.69) is 10.6 Å². The van der Waals surface area contributed by atoms with E-state index in [1.165, 1.54) is 6.92 Å². The fourth-order valence-corrected chi connectivity index (χ4v) is 2.52. The molecule has 5 atom stereocenters. The molecule has 0 radical (unpaired) electrons. The number of amides is 4. The van der Waals surface area contributed by atoms with Crippen molar-refractivity contribution in [2.45, 2.75) is 70.3 Å². The Morgan fingerprint density at radius 3 is 1.66 bits per heavy atom. The van der Waals surface area contributed by atoms with Crippen molar-refractivity contribution < 1.29 is 44.1 Å². The highest BCUT2D eigenvalue weighted by molar-refractivity contribution is 5.96. The third kappa shape index (κ3) is 10.7. The quantitative estimate of drug-likeness (QED) is 0.127. The van der Waals surface area contributed by atoms with Gasteiger partial charge in [-0.1, -0.05) is 13.8 Å². The molecule has 5 unspecified atom stereocenters. The van der Waals surface area contributed by atoms with Crippen LogP contribution in [0.1, 0.15) is 40.0 Å². The smallest absolute Gasteiger partial charge is 0.326 e. The summed E-state index contributed by atoms with van der Waals surface area (Å²) in [7, 11) is 0. The van der Waals surface area contributed by atoms with Crippen LogP contribution >= 0.6 is 0 Å². The summed E-state index contributed by atoms with van der Waals surface area (Å²) < 4.78 is 0. The molecule has 0 saturated carbocycles. The number of nitrogens with two attached hydrogens (primary N) is 2. The van der Waals surface area contributed by atoms with Crippen LogP contribution in [-0.2, 0) is 28.8 Å². The van der Waals surface area contributed by atoms with E-state index in [1.54, 1.807) is 13.8 Å². The number of carboxylic acid groups (broad SMARTS) is 2. The molecule has 0 aliphatic rings. The van der Waals surface area contributed by atoms with E-state index >= 15 is 0 Å². The van der Waals surface area contributed by atoms with Gasteiger partial charge in [-0.05, 0) is 19.3 Å². The molecule has 0 saturated heterocycles. The SMILES string of the molecule is CC(C)CC(NC(=O)C(N)C(C)O)C(=O)NC(CC(=O)O)C(=O)NC(CC(N)=O)C(=O)O. The number of carboxylic acids is 2. The predicted molar refractivity (Wildman–Crippen MR) is 109 cm³/mol. The Labute approximate surface area is 184 Å². The number of hydrogen-bond acceptors (Lipinski definition) is 8. The number of aliphatic hydroxyl groups is 1. The second-order valence-corrected chi connectivity index (χ2v) is 7.69. The topological polar surface area (TPSA) is 251 Å². The highest BCUT2D eigenvalue weighted by atomic mass is 16.4. The minimum atomic E-state index is -1.73. The number of nitrogens with one attached hydrogen (secondary N) is 3. The van der Waals surface area contributed by atoms with Crippen molar-refractivity contribution in [1.29, 1.82) is 0 Å². The first-order valence-corrected chi connectivity index (χ1v) is 9.73. The van der Waals surface area contributed by atoms with Crippen LogP contribution in [0.4, 0.5) is 0 Å². The largest absolute Gasteiger partial charge is 0.481 e. The van der Waals surface area contributed by atoms with E-state index in [1.807, 2.05) is 5.32 Å². The minimum absolute atomic E-state index is 0.0882. The molecule has 10 N–H and O–H groups in total. The van der Waals surface area contributed by atoms with Gasteiger partial charge in [0, 0.05) is 0 Å². The zero-order chi connectivity index (χ0) is 25.2. The maximum absolute atomic E-state index is 12.7. The van der Waals surface area contributed by atoms with Gasteiger partial charge in [-0.2, -0.15) is 0 Å². The minimum Gasteiger partial charge on any atom is -0.481 e. The lowest BCUT2D eigenvalue weighted by molar-refractivity contribution is -0.145. The average Bonchev–Trinajstić information content (AvgIpc) is 2.64. The van der Waals surface area contributed by atoms with Crippen molar-refractivity contribution in [2.24, 2.45) is 17.4 Å². The molecule has 0 fully saturated rings. The van der Waals surface area contributed by atoms with Gasteiger partial charge in [-0.3, -0.25) is 24.0 Å². The second-order valence-electron chi connectivity index (χ2n) is 7.69. The van der Waals surface area contributed by atoms with Gasteiger partial charge in [0.1, 0.15) is 24.2 Å². The van der Waals surface area contributed by atoms with Crippen molar-refractivity contribution in [2.75, 3.05) is 0 Å². The molecule has 14 nitrogen and oxygen atoms in total. The van der Waals surface area contributed by atoms with Gasteiger partial charge in [-0.25, -0.2) is 4.79 Å². The molecule has 0 bridgehead atoms. The van der Waals surface area contributed by atoms with Gasteiger partial charge >= 0.3 is 11.9 Å². The fourth-order valence-electron chi connectivity index (χ4n) is 2.52. The number of carbonyl (C=O) groups excluding carboxylic acids is 4. The molecule has 32 heavy (non-hydrogen) atoms. The summed E-state index contributed by atoms with van der Waals surface area (Å²) in [5, 5.41) is 34.1. The number of aliphatic hydroxyl groups excluding tert-OH is 1. The van der Waals surface area contributed by atoms with Gasteiger partial charge in [-0.15, -0.1) is 0 Å². The summed E-state index contributed by atoms with van der Waals surface area (Å²) >= 11 is 0. The average molecular weight is 461 g/mol. The summed E-state index contributed by atoms with van der Waals surface area (Å²) in [6.45, 7) is 4.76. The Balaban J connectivity index is 5.56. The van der Waals surface area contributed by atoms with Crippen LogP contribution in [0, 0.1) is 5.92 Å². The molecule has 0 aromatic carbocycles. The second kappa shape index (κ2) is 13.2. The normalized spacial score (nSPS) is 15.6. The van der Waals surface area contributed by atoms with Gasteiger partial charge < -0.3 is 42.7 Å². The molecule has 4 amide bonds. The van der Waals surface area contributed by atoms with Crippen LogP contribution in [0.15, 0.2) is 0 Å². The van der Waals surface area contributed by atoms with Crippen molar-refractivity contribution in [3.63, 3.8) is 0 Å². The molecule has 14 heteroatoms. The van der Waals surface area contributed by atoms with Crippen LogP contribution < -0.4 is 27.4 Å². The Bertz CT molecular complexity index is 726. The van der Waals surface area contributed by atoms with Crippen LogP contribution in [0.5, 0.6) is 0 Å². The molecule has 0 rings (SSSR count). The molecular formula is C18H31N5O9. The Morgan fingerprint density at radius 1 is 0.781 bits per heavy atom. The van der Waals surface area contributed by atoms with Crippen LogP contribution in [0.2, 0.25) is 0 Å². The number of hydrogen-bond donors (Lipinski definition) is 8. The van der Waals surface area contributed by atoms with E-state index in [-0.39, 0.29) is 12.3 Å². The summed E-state index contributed by atoms with van der Waals surface area (Å²) in [6, 6.07) is -6.01. The molecule has 0 aliphatic carbocycles. The van der Waals surface area contributed by atoms with Crippen LogP contribution in [0.25, 0.3) is 0 Å².